The quantitative estimate of drug-likeness (QED) is 0.561. The molecule has 7 nitrogen and oxygen atoms in total. The highest BCUT2D eigenvalue weighted by atomic mass is 19.4. The van der Waals surface area contributed by atoms with Crippen LogP contribution >= 0.6 is 0 Å². The van der Waals surface area contributed by atoms with Crippen molar-refractivity contribution in [2.24, 2.45) is 7.05 Å². The first-order valence-corrected chi connectivity index (χ1v) is 8.44. The molecule has 0 unspecified atom stereocenters. The number of alkyl halides is 3. The largest absolute Gasteiger partial charge is 0.493 e. The summed E-state index contributed by atoms with van der Waals surface area (Å²) in [6.07, 6.45) is 0.474. The van der Waals surface area contributed by atoms with Gasteiger partial charge in [0.25, 0.3) is 0 Å². The van der Waals surface area contributed by atoms with Crippen LogP contribution in [0.15, 0.2) is 49.1 Å². The van der Waals surface area contributed by atoms with Crippen LogP contribution in [0.2, 0.25) is 0 Å². The Morgan fingerprint density at radius 1 is 1.07 bits per heavy atom. The number of nitrogens with zero attached hydrogens (tertiary/aromatic N) is 5. The number of aromatic hydroxyl groups is 1. The molecule has 0 aliphatic heterocycles. The average molecular weight is 401 g/mol. The topological polar surface area (TPSA) is 86.0 Å². The van der Waals surface area contributed by atoms with Gasteiger partial charge < -0.3 is 14.4 Å². The molecule has 0 radical (unpaired) electrons. The molecule has 1 aromatic carbocycles. The zero-order valence-electron chi connectivity index (χ0n) is 15.1. The summed E-state index contributed by atoms with van der Waals surface area (Å²) >= 11 is 0. The van der Waals surface area contributed by atoms with E-state index in [0.717, 1.165) is 12.1 Å². The van der Waals surface area contributed by atoms with Gasteiger partial charge in [0.2, 0.25) is 5.88 Å². The molecule has 0 aliphatic rings. The molecule has 0 amide bonds. The van der Waals surface area contributed by atoms with E-state index in [9.17, 15) is 18.3 Å². The normalized spacial score (nSPS) is 11.7. The lowest BCUT2D eigenvalue weighted by molar-refractivity contribution is -0.137. The summed E-state index contributed by atoms with van der Waals surface area (Å²) in [4.78, 5) is 16.7. The SMILES string of the molecule is Cn1cnc(-c2nccc3c(O)nc(OCc4ccc(C(F)(F)F)cc4)nc23)c1. The standard InChI is InChI=1S/C19H14F3N5O2/c1-27-8-14(24-10-27)16-15-13(6-7-23-16)17(28)26-18(25-15)29-9-11-2-4-12(5-3-11)19(20,21)22/h2-8,10H,9H2,1H3,(H,25,26,28). The molecule has 1 N–H and O–H groups in total. The average Bonchev–Trinajstić information content (AvgIpc) is 3.12. The summed E-state index contributed by atoms with van der Waals surface area (Å²) in [7, 11) is 1.81. The Morgan fingerprint density at radius 2 is 1.83 bits per heavy atom. The Bertz CT molecular complexity index is 1170. The Hall–Kier alpha value is -3.69. The van der Waals surface area contributed by atoms with Crippen molar-refractivity contribution >= 4 is 10.9 Å². The Labute approximate surface area is 162 Å². The van der Waals surface area contributed by atoms with Gasteiger partial charge in [-0.15, -0.1) is 0 Å². The third-order valence-corrected chi connectivity index (χ3v) is 4.17. The molecule has 3 aromatic heterocycles. The number of halogens is 3. The van der Waals surface area contributed by atoms with Gasteiger partial charge >= 0.3 is 12.2 Å². The molecule has 10 heteroatoms. The third-order valence-electron chi connectivity index (χ3n) is 4.17. The van der Waals surface area contributed by atoms with Crippen molar-refractivity contribution in [3.63, 3.8) is 0 Å². The maximum Gasteiger partial charge on any atom is 0.416 e. The zero-order valence-corrected chi connectivity index (χ0v) is 15.1. The van der Waals surface area contributed by atoms with Crippen LogP contribution in [0, 0.1) is 0 Å². The third kappa shape index (κ3) is 3.82. The van der Waals surface area contributed by atoms with Crippen molar-refractivity contribution in [2.75, 3.05) is 0 Å². The molecule has 3 heterocycles. The van der Waals surface area contributed by atoms with E-state index in [2.05, 4.69) is 19.9 Å². The molecule has 0 bridgehead atoms. The Kier molecular flexibility index (Phi) is 4.53. The van der Waals surface area contributed by atoms with Gasteiger partial charge in [0.05, 0.1) is 17.3 Å². The summed E-state index contributed by atoms with van der Waals surface area (Å²) in [6, 6.07) is 6.01. The molecule has 148 valence electrons. The summed E-state index contributed by atoms with van der Waals surface area (Å²) < 4.78 is 45.2. The second-order valence-corrected chi connectivity index (χ2v) is 6.29. The zero-order chi connectivity index (χ0) is 20.6. The number of rotatable bonds is 4. The summed E-state index contributed by atoms with van der Waals surface area (Å²) in [5.74, 6) is -0.294. The molecule has 4 aromatic rings. The van der Waals surface area contributed by atoms with Crippen molar-refractivity contribution in [3.05, 3.63) is 60.2 Å². The van der Waals surface area contributed by atoms with Gasteiger partial charge in [-0.3, -0.25) is 4.98 Å². The number of hydrogen-bond donors (Lipinski definition) is 1. The first kappa shape index (κ1) is 18.7. The fourth-order valence-electron chi connectivity index (χ4n) is 2.74. The van der Waals surface area contributed by atoms with E-state index in [1.807, 2.05) is 7.05 Å². The number of aryl methyl sites for hydroxylation is 1. The van der Waals surface area contributed by atoms with E-state index >= 15 is 0 Å². The summed E-state index contributed by atoms with van der Waals surface area (Å²) in [5.41, 5.74) is 1.11. The second-order valence-electron chi connectivity index (χ2n) is 6.29. The van der Waals surface area contributed by atoms with Crippen LogP contribution in [0.1, 0.15) is 11.1 Å². The predicted molar refractivity (Wildman–Crippen MR) is 97.0 cm³/mol. The van der Waals surface area contributed by atoms with Gasteiger partial charge in [0.15, 0.2) is 0 Å². The fourth-order valence-corrected chi connectivity index (χ4v) is 2.74. The predicted octanol–water partition coefficient (Wildman–Crippen LogP) is 3.73. The minimum absolute atomic E-state index is 0.0672. The minimum atomic E-state index is -4.40. The number of benzene rings is 1. The van der Waals surface area contributed by atoms with Crippen molar-refractivity contribution < 1.29 is 23.0 Å². The summed E-state index contributed by atoms with van der Waals surface area (Å²) in [5, 5.41) is 10.6. The van der Waals surface area contributed by atoms with Crippen molar-refractivity contribution in [3.8, 4) is 23.3 Å². The van der Waals surface area contributed by atoms with Crippen LogP contribution in [-0.4, -0.2) is 29.6 Å². The summed E-state index contributed by atoms with van der Waals surface area (Å²) in [6.45, 7) is -0.0672. The van der Waals surface area contributed by atoms with Crippen LogP contribution in [0.4, 0.5) is 13.2 Å². The van der Waals surface area contributed by atoms with E-state index in [1.54, 1.807) is 23.2 Å². The minimum Gasteiger partial charge on any atom is -0.493 e. The van der Waals surface area contributed by atoms with Gasteiger partial charge in [-0.1, -0.05) is 12.1 Å². The lowest BCUT2D eigenvalue weighted by Gasteiger charge is -2.10. The Balaban J connectivity index is 1.63. The first-order chi connectivity index (χ1) is 13.8. The van der Waals surface area contributed by atoms with E-state index < -0.39 is 11.7 Å². The van der Waals surface area contributed by atoms with E-state index in [-0.39, 0.29) is 18.5 Å². The number of imidazole rings is 1. The number of hydrogen-bond acceptors (Lipinski definition) is 6. The second kappa shape index (κ2) is 7.04. The maximum absolute atomic E-state index is 12.7. The van der Waals surface area contributed by atoms with Crippen LogP contribution in [-0.2, 0) is 19.8 Å². The van der Waals surface area contributed by atoms with Crippen molar-refractivity contribution in [1.82, 2.24) is 24.5 Å². The van der Waals surface area contributed by atoms with Gasteiger partial charge in [0.1, 0.15) is 23.5 Å². The van der Waals surface area contributed by atoms with Crippen LogP contribution in [0.5, 0.6) is 11.9 Å². The molecule has 0 fully saturated rings. The fraction of sp³-hybridized carbons (Fsp3) is 0.158. The van der Waals surface area contributed by atoms with Gasteiger partial charge in [-0.2, -0.15) is 23.1 Å². The molecule has 0 spiro atoms. The molecule has 0 saturated carbocycles. The van der Waals surface area contributed by atoms with Gasteiger partial charge in [-0.25, -0.2) is 4.98 Å². The molecule has 0 saturated heterocycles. The van der Waals surface area contributed by atoms with E-state index in [1.165, 1.54) is 18.3 Å². The lowest BCUT2D eigenvalue weighted by atomic mass is 10.1. The Morgan fingerprint density at radius 3 is 2.48 bits per heavy atom. The lowest BCUT2D eigenvalue weighted by Crippen LogP contribution is -2.05. The van der Waals surface area contributed by atoms with Crippen LogP contribution in [0.3, 0.4) is 0 Å². The van der Waals surface area contributed by atoms with Crippen molar-refractivity contribution in [2.45, 2.75) is 12.8 Å². The molecule has 4 rings (SSSR count). The smallest absolute Gasteiger partial charge is 0.416 e. The molecule has 0 aliphatic carbocycles. The monoisotopic (exact) mass is 401 g/mol. The maximum atomic E-state index is 12.7. The molecular weight excluding hydrogens is 387 g/mol. The van der Waals surface area contributed by atoms with E-state index in [0.29, 0.717) is 27.9 Å². The van der Waals surface area contributed by atoms with E-state index in [4.69, 9.17) is 4.74 Å². The van der Waals surface area contributed by atoms with Gasteiger partial charge in [0, 0.05) is 19.4 Å². The number of fused-ring (bicyclic) bond motifs is 1. The highest BCUT2D eigenvalue weighted by molar-refractivity contribution is 5.93. The number of aromatic nitrogens is 5. The highest BCUT2D eigenvalue weighted by Gasteiger charge is 2.29. The first-order valence-electron chi connectivity index (χ1n) is 8.44. The van der Waals surface area contributed by atoms with Crippen LogP contribution < -0.4 is 4.74 Å². The van der Waals surface area contributed by atoms with Crippen molar-refractivity contribution in [1.29, 1.82) is 0 Å². The van der Waals surface area contributed by atoms with Crippen LogP contribution in [0.25, 0.3) is 22.3 Å². The number of ether oxygens (including phenoxy) is 1. The highest BCUT2D eigenvalue weighted by Crippen LogP contribution is 2.31. The van der Waals surface area contributed by atoms with Gasteiger partial charge in [-0.05, 0) is 23.8 Å². The molecule has 0 atom stereocenters. The number of pyridine rings is 1. The molecule has 29 heavy (non-hydrogen) atoms. The molecular formula is C19H14F3N5O2.